The quantitative estimate of drug-likeness (QED) is 0.319. The Labute approximate surface area is 264 Å². The molecule has 3 fully saturated rings. The predicted molar refractivity (Wildman–Crippen MR) is 172 cm³/mol. The van der Waals surface area contributed by atoms with E-state index in [0.717, 1.165) is 38.5 Å². The van der Waals surface area contributed by atoms with Crippen molar-refractivity contribution in [1.82, 2.24) is 13.9 Å². The maximum atomic E-state index is 14.9. The van der Waals surface area contributed by atoms with Crippen LogP contribution < -0.4 is 11.4 Å². The first-order valence-electron chi connectivity index (χ1n) is 17.0. The van der Waals surface area contributed by atoms with Gasteiger partial charge >= 0.3 is 17.3 Å². The summed E-state index contributed by atoms with van der Waals surface area (Å²) in [7, 11) is 0. The van der Waals surface area contributed by atoms with Gasteiger partial charge in [-0.25, -0.2) is 28.3 Å². The molecule has 2 aromatic rings. The number of hydrogen-bond acceptors (Lipinski definition) is 4. The van der Waals surface area contributed by atoms with E-state index in [9.17, 15) is 24.3 Å². The lowest BCUT2D eigenvalue weighted by molar-refractivity contribution is -0.144. The lowest BCUT2D eigenvalue weighted by Gasteiger charge is -2.63. The molecular formula is C37H47N3O5. The first-order chi connectivity index (χ1) is 21.4. The zero-order chi connectivity index (χ0) is 32.1. The van der Waals surface area contributed by atoms with Crippen LogP contribution in [-0.2, 0) is 15.1 Å². The van der Waals surface area contributed by atoms with Gasteiger partial charge in [0.2, 0.25) is 0 Å². The van der Waals surface area contributed by atoms with Gasteiger partial charge in [-0.1, -0.05) is 71.0 Å². The van der Waals surface area contributed by atoms with Crippen LogP contribution in [0.25, 0.3) is 5.69 Å². The summed E-state index contributed by atoms with van der Waals surface area (Å²) in [5.41, 5.74) is -1.67. The van der Waals surface area contributed by atoms with Crippen molar-refractivity contribution in [3.63, 3.8) is 0 Å². The molecule has 3 aliphatic heterocycles. The summed E-state index contributed by atoms with van der Waals surface area (Å²) in [6.07, 6.45) is 14.4. The Balaban J connectivity index is 1.49. The minimum Gasteiger partial charge on any atom is -0.480 e. The standard InChI is InChI=1S/C37H47N3O5/c1-22(2)28(41)13-11-23(3)27-12-14-29-36(27,5)19-17-30-35(4)18-15-24-21-25(35)16-20-37(29,30)40-34(45)38(26-9-7-6-8-10-26)33(44)39(40)31(24)32(42)43/h6-11,13,16,20,22-25,27,29-31H,12,14-15,17-19,21H2,1-5H3,(H,42,43)/t23-,24-,25?,27-,29?,30?,31?,35+,36-,37+/m1/s1. The monoisotopic (exact) mass is 613 g/mol. The Morgan fingerprint density at radius 3 is 2.31 bits per heavy atom. The summed E-state index contributed by atoms with van der Waals surface area (Å²) in [6, 6.07) is 7.82. The van der Waals surface area contributed by atoms with Gasteiger partial charge in [-0.05, 0) is 109 Å². The second-order valence-electron chi connectivity index (χ2n) is 15.7. The first kappa shape index (κ1) is 30.2. The van der Waals surface area contributed by atoms with Gasteiger partial charge in [-0.2, -0.15) is 0 Å². The van der Waals surface area contributed by atoms with Crippen molar-refractivity contribution in [3.05, 3.63) is 75.6 Å². The van der Waals surface area contributed by atoms with Crippen molar-refractivity contribution in [3.8, 4) is 5.69 Å². The molecule has 4 heterocycles. The number of benzene rings is 1. The third-order valence-electron chi connectivity index (χ3n) is 13.4. The van der Waals surface area contributed by atoms with Crippen LogP contribution in [0.5, 0.6) is 0 Å². The Morgan fingerprint density at radius 2 is 1.62 bits per heavy atom. The molecule has 7 aliphatic rings. The van der Waals surface area contributed by atoms with Crippen molar-refractivity contribution in [2.75, 3.05) is 0 Å². The minimum absolute atomic E-state index is 0.0287. The van der Waals surface area contributed by atoms with Crippen LogP contribution in [0.4, 0.5) is 0 Å². The number of carbonyl (C=O) groups is 2. The molecule has 0 saturated heterocycles. The Hall–Kier alpha value is -3.42. The van der Waals surface area contributed by atoms with Gasteiger partial charge in [0.25, 0.3) is 0 Å². The molecule has 0 amide bonds. The molecule has 0 radical (unpaired) electrons. The molecule has 240 valence electrons. The molecule has 1 aromatic heterocycles. The van der Waals surface area contributed by atoms with Crippen molar-refractivity contribution >= 4 is 11.8 Å². The molecule has 10 atom stereocenters. The fourth-order valence-corrected chi connectivity index (χ4v) is 11.2. The van der Waals surface area contributed by atoms with Crippen molar-refractivity contribution in [1.29, 1.82) is 0 Å². The second-order valence-corrected chi connectivity index (χ2v) is 15.7. The third kappa shape index (κ3) is 4.02. The van der Waals surface area contributed by atoms with E-state index >= 15 is 0 Å². The van der Waals surface area contributed by atoms with Gasteiger partial charge in [0.1, 0.15) is 0 Å². The predicted octanol–water partition coefficient (Wildman–Crippen LogP) is 5.99. The van der Waals surface area contributed by atoms with Crippen LogP contribution in [0.3, 0.4) is 0 Å². The SMILES string of the molecule is CC(C)C(=O)C=C[C@@H](C)[C@H]1CCC2[C@@]34C=CC5C[C@@H](CC[C@]5(C)C3CC[C@@]21C)C(C(=O)O)n1c(=O)n(-c2ccccc2)c(=O)n14. The summed E-state index contributed by atoms with van der Waals surface area (Å²) in [5.74, 6) is -0.435. The number of carboxylic acid groups (broad SMARTS) is 1. The van der Waals surface area contributed by atoms with E-state index < -0.39 is 28.9 Å². The number of fused-ring (bicyclic) bond motifs is 2. The number of para-hydroxylation sites is 1. The number of aliphatic carboxylic acids is 1. The average molecular weight is 614 g/mol. The molecule has 4 bridgehead atoms. The molecule has 45 heavy (non-hydrogen) atoms. The van der Waals surface area contributed by atoms with E-state index in [1.165, 1.54) is 9.25 Å². The maximum absolute atomic E-state index is 14.9. The van der Waals surface area contributed by atoms with E-state index in [4.69, 9.17) is 0 Å². The van der Waals surface area contributed by atoms with E-state index in [-0.39, 0.29) is 52.1 Å². The molecule has 9 rings (SSSR count). The Bertz CT molecular complexity index is 1710. The topological polar surface area (TPSA) is 103 Å². The fraction of sp³-hybridized carbons (Fsp3) is 0.622. The smallest absolute Gasteiger partial charge is 0.352 e. The van der Waals surface area contributed by atoms with Crippen LogP contribution in [0, 0.1) is 52.3 Å². The molecule has 1 N–H and O–H groups in total. The summed E-state index contributed by atoms with van der Waals surface area (Å²) in [6.45, 7) is 10.8. The number of ketones is 1. The Morgan fingerprint density at radius 1 is 0.933 bits per heavy atom. The molecule has 3 saturated carbocycles. The summed E-state index contributed by atoms with van der Waals surface area (Å²) in [4.78, 5) is 55.2. The highest BCUT2D eigenvalue weighted by molar-refractivity contribution is 5.91. The molecule has 4 aliphatic carbocycles. The molecule has 4 unspecified atom stereocenters. The number of allylic oxidation sites excluding steroid dienone is 4. The average Bonchev–Trinajstić information content (AvgIpc) is 3.52. The number of aromatic nitrogens is 3. The zero-order valence-electron chi connectivity index (χ0n) is 27.2. The summed E-state index contributed by atoms with van der Waals surface area (Å²) < 4.78 is 4.27. The van der Waals surface area contributed by atoms with Gasteiger partial charge in [-0.15, -0.1) is 0 Å². The highest BCUT2D eigenvalue weighted by Gasteiger charge is 2.69. The van der Waals surface area contributed by atoms with Gasteiger partial charge in [0.15, 0.2) is 11.8 Å². The highest BCUT2D eigenvalue weighted by Crippen LogP contribution is 2.71. The van der Waals surface area contributed by atoms with Crippen LogP contribution in [0.1, 0.15) is 85.6 Å². The van der Waals surface area contributed by atoms with Gasteiger partial charge < -0.3 is 5.11 Å². The maximum Gasteiger partial charge on any atom is 0.352 e. The fourth-order valence-electron chi connectivity index (χ4n) is 11.2. The number of carbonyl (C=O) groups excluding carboxylic acids is 1. The van der Waals surface area contributed by atoms with Crippen LogP contribution in [0.15, 0.2) is 64.2 Å². The summed E-state index contributed by atoms with van der Waals surface area (Å²) in [5, 5.41) is 10.8. The third-order valence-corrected chi connectivity index (χ3v) is 13.4. The number of hydrogen-bond donors (Lipinski definition) is 1. The normalized spacial score (nSPS) is 38.8. The van der Waals surface area contributed by atoms with Crippen LogP contribution in [0.2, 0.25) is 0 Å². The molecule has 8 nitrogen and oxygen atoms in total. The molecule has 1 spiro atoms. The van der Waals surface area contributed by atoms with Crippen molar-refractivity contribution < 1.29 is 14.7 Å². The van der Waals surface area contributed by atoms with E-state index in [1.54, 1.807) is 35.0 Å². The van der Waals surface area contributed by atoms with E-state index in [1.807, 2.05) is 19.9 Å². The van der Waals surface area contributed by atoms with Gasteiger partial charge in [0, 0.05) is 5.92 Å². The second kappa shape index (κ2) is 10.3. The molecule has 8 heteroatoms. The van der Waals surface area contributed by atoms with E-state index in [2.05, 4.69) is 39.0 Å². The van der Waals surface area contributed by atoms with Crippen molar-refractivity contribution in [2.24, 2.45) is 52.3 Å². The lowest BCUT2D eigenvalue weighted by atomic mass is 9.43. The first-order valence-corrected chi connectivity index (χ1v) is 17.0. The highest BCUT2D eigenvalue weighted by atomic mass is 16.4. The zero-order valence-corrected chi connectivity index (χ0v) is 27.2. The van der Waals surface area contributed by atoms with Crippen LogP contribution >= 0.6 is 0 Å². The largest absolute Gasteiger partial charge is 0.480 e. The lowest BCUT2D eigenvalue weighted by Crippen LogP contribution is -2.65. The van der Waals surface area contributed by atoms with Crippen LogP contribution in [-0.4, -0.2) is 30.8 Å². The van der Waals surface area contributed by atoms with Gasteiger partial charge in [0.05, 0.1) is 11.2 Å². The minimum atomic E-state index is -1.12. The van der Waals surface area contributed by atoms with Gasteiger partial charge in [-0.3, -0.25) is 4.79 Å². The Kier molecular flexibility index (Phi) is 6.92. The number of nitrogens with zero attached hydrogens (tertiary/aromatic N) is 3. The molecule has 1 aromatic carbocycles. The number of carboxylic acids is 1. The van der Waals surface area contributed by atoms with Crippen molar-refractivity contribution in [2.45, 2.75) is 91.1 Å². The molecular weight excluding hydrogens is 566 g/mol. The van der Waals surface area contributed by atoms with E-state index in [0.29, 0.717) is 18.0 Å². The summed E-state index contributed by atoms with van der Waals surface area (Å²) >= 11 is 0. The number of rotatable bonds is 6.